The monoisotopic (exact) mass is 370 g/mol. The molecule has 0 spiro atoms. The Morgan fingerprint density at radius 1 is 0.944 bits per heavy atom. The van der Waals surface area contributed by atoms with Crippen molar-refractivity contribution < 1.29 is 9.84 Å². The Morgan fingerprint density at radius 3 is 2.17 bits per heavy atom. The van der Waals surface area contributed by atoms with E-state index >= 15 is 0 Å². The van der Waals surface area contributed by atoms with Gasteiger partial charge in [-0.25, -0.2) is 0 Å². The first-order valence-electron chi connectivity index (χ1n) is 5.40. The Bertz CT molecular complexity index is 571. The lowest BCUT2D eigenvalue weighted by Crippen LogP contribution is -1.89. The standard InChI is InChI=1S/C14H12Br2O2/c1-8-3-4-12(17)13(7-8)18-14-10(15)5-9(2)6-11(14)16/h3-7,17H,1-2H3. The predicted octanol–water partition coefficient (Wildman–Crippen LogP) is 5.33. The lowest BCUT2D eigenvalue weighted by molar-refractivity contribution is 0.408. The van der Waals surface area contributed by atoms with Gasteiger partial charge in [0.1, 0.15) is 0 Å². The number of hydrogen-bond acceptors (Lipinski definition) is 2. The maximum atomic E-state index is 9.78. The van der Waals surface area contributed by atoms with E-state index in [1.165, 1.54) is 0 Å². The van der Waals surface area contributed by atoms with Gasteiger partial charge in [0.2, 0.25) is 0 Å². The first-order valence-corrected chi connectivity index (χ1v) is 6.99. The van der Waals surface area contributed by atoms with E-state index in [9.17, 15) is 5.11 Å². The minimum absolute atomic E-state index is 0.125. The molecule has 2 nitrogen and oxygen atoms in total. The summed E-state index contributed by atoms with van der Waals surface area (Å²) >= 11 is 6.92. The van der Waals surface area contributed by atoms with Gasteiger partial charge in [0, 0.05) is 0 Å². The van der Waals surface area contributed by atoms with Crippen LogP contribution in [0.4, 0.5) is 0 Å². The Balaban J connectivity index is 2.43. The van der Waals surface area contributed by atoms with Crippen LogP contribution in [-0.4, -0.2) is 5.11 Å². The van der Waals surface area contributed by atoms with Crippen LogP contribution < -0.4 is 4.74 Å². The molecule has 0 bridgehead atoms. The van der Waals surface area contributed by atoms with Crippen molar-refractivity contribution in [2.24, 2.45) is 0 Å². The SMILES string of the molecule is Cc1cc(Br)c(Oc2cc(C)ccc2O)c(Br)c1. The second kappa shape index (κ2) is 5.33. The summed E-state index contributed by atoms with van der Waals surface area (Å²) in [5.74, 6) is 1.22. The van der Waals surface area contributed by atoms with E-state index in [0.717, 1.165) is 20.1 Å². The first kappa shape index (κ1) is 13.4. The van der Waals surface area contributed by atoms with E-state index in [4.69, 9.17) is 4.74 Å². The van der Waals surface area contributed by atoms with Crippen molar-refractivity contribution in [3.05, 3.63) is 50.4 Å². The average Bonchev–Trinajstić information content (AvgIpc) is 2.28. The van der Waals surface area contributed by atoms with Gasteiger partial charge in [0.25, 0.3) is 0 Å². The molecule has 0 radical (unpaired) electrons. The summed E-state index contributed by atoms with van der Waals surface area (Å²) in [4.78, 5) is 0. The Labute approximate surface area is 123 Å². The number of ether oxygens (including phenoxy) is 1. The molecular weight excluding hydrogens is 360 g/mol. The molecule has 18 heavy (non-hydrogen) atoms. The lowest BCUT2D eigenvalue weighted by atomic mass is 10.2. The summed E-state index contributed by atoms with van der Waals surface area (Å²) in [5.41, 5.74) is 2.15. The third kappa shape index (κ3) is 2.87. The van der Waals surface area contributed by atoms with Gasteiger partial charge in [-0.05, 0) is 81.1 Å². The molecule has 0 amide bonds. The number of phenols is 1. The van der Waals surface area contributed by atoms with Crippen LogP contribution in [0.2, 0.25) is 0 Å². The number of hydrogen-bond donors (Lipinski definition) is 1. The fourth-order valence-corrected chi connectivity index (χ4v) is 3.17. The molecule has 2 rings (SSSR count). The van der Waals surface area contributed by atoms with Crippen LogP contribution in [0.3, 0.4) is 0 Å². The zero-order chi connectivity index (χ0) is 13.3. The molecule has 0 aliphatic carbocycles. The second-order valence-electron chi connectivity index (χ2n) is 4.13. The van der Waals surface area contributed by atoms with Crippen LogP contribution in [0.5, 0.6) is 17.2 Å². The fourth-order valence-electron chi connectivity index (χ4n) is 1.60. The lowest BCUT2D eigenvalue weighted by Gasteiger charge is -2.12. The molecule has 0 unspecified atom stereocenters. The van der Waals surface area contributed by atoms with Crippen LogP contribution in [0.15, 0.2) is 39.3 Å². The first-order chi connectivity index (χ1) is 8.47. The summed E-state index contributed by atoms with van der Waals surface area (Å²) in [6, 6.07) is 9.19. The molecule has 0 atom stereocenters. The molecule has 0 fully saturated rings. The summed E-state index contributed by atoms with van der Waals surface area (Å²) < 4.78 is 7.45. The molecule has 2 aromatic rings. The molecule has 1 N–H and O–H groups in total. The largest absolute Gasteiger partial charge is 0.504 e. The normalized spacial score (nSPS) is 10.4. The molecule has 0 aliphatic rings. The minimum Gasteiger partial charge on any atom is -0.504 e. The smallest absolute Gasteiger partial charge is 0.169 e. The van der Waals surface area contributed by atoms with Gasteiger partial charge in [-0.3, -0.25) is 0 Å². The molecule has 4 heteroatoms. The van der Waals surface area contributed by atoms with Crippen LogP contribution in [0, 0.1) is 13.8 Å². The van der Waals surface area contributed by atoms with Gasteiger partial charge in [-0.2, -0.15) is 0 Å². The van der Waals surface area contributed by atoms with Gasteiger partial charge >= 0.3 is 0 Å². The number of aromatic hydroxyl groups is 1. The molecule has 94 valence electrons. The van der Waals surface area contributed by atoms with Gasteiger partial charge in [-0.15, -0.1) is 0 Å². The van der Waals surface area contributed by atoms with E-state index in [1.807, 2.05) is 32.0 Å². The minimum atomic E-state index is 0.125. The highest BCUT2D eigenvalue weighted by Crippen LogP contribution is 2.40. The molecule has 0 aromatic heterocycles. The van der Waals surface area contributed by atoms with Crippen molar-refractivity contribution in [3.8, 4) is 17.2 Å². The summed E-state index contributed by atoms with van der Waals surface area (Å²) in [6.07, 6.45) is 0. The third-order valence-corrected chi connectivity index (χ3v) is 3.65. The number of halogens is 2. The third-order valence-electron chi connectivity index (χ3n) is 2.47. The number of benzene rings is 2. The van der Waals surface area contributed by atoms with Crippen molar-refractivity contribution in [1.82, 2.24) is 0 Å². The Morgan fingerprint density at radius 2 is 1.56 bits per heavy atom. The summed E-state index contributed by atoms with van der Waals surface area (Å²) in [5, 5.41) is 9.78. The van der Waals surface area contributed by atoms with Gasteiger partial charge in [0.05, 0.1) is 8.95 Å². The maximum Gasteiger partial charge on any atom is 0.169 e. The predicted molar refractivity (Wildman–Crippen MR) is 79.5 cm³/mol. The zero-order valence-corrected chi connectivity index (χ0v) is 13.2. The van der Waals surface area contributed by atoms with Crippen molar-refractivity contribution in [2.45, 2.75) is 13.8 Å². The van der Waals surface area contributed by atoms with E-state index in [-0.39, 0.29) is 5.75 Å². The molecule has 0 heterocycles. The quantitative estimate of drug-likeness (QED) is 0.773. The highest BCUT2D eigenvalue weighted by Gasteiger charge is 2.11. The summed E-state index contributed by atoms with van der Waals surface area (Å²) in [7, 11) is 0. The van der Waals surface area contributed by atoms with Gasteiger partial charge < -0.3 is 9.84 Å². The highest BCUT2D eigenvalue weighted by atomic mass is 79.9. The van der Waals surface area contributed by atoms with E-state index in [1.54, 1.807) is 12.1 Å². The van der Waals surface area contributed by atoms with Crippen LogP contribution in [-0.2, 0) is 0 Å². The Kier molecular flexibility index (Phi) is 3.97. The van der Waals surface area contributed by atoms with E-state index in [2.05, 4.69) is 31.9 Å². The summed E-state index contributed by atoms with van der Waals surface area (Å²) in [6.45, 7) is 3.95. The van der Waals surface area contributed by atoms with E-state index in [0.29, 0.717) is 11.5 Å². The molecule has 0 aliphatic heterocycles. The maximum absolute atomic E-state index is 9.78. The zero-order valence-electron chi connectivity index (χ0n) is 10.00. The van der Waals surface area contributed by atoms with Gasteiger partial charge in [-0.1, -0.05) is 6.07 Å². The average molecular weight is 372 g/mol. The fraction of sp³-hybridized carbons (Fsp3) is 0.143. The van der Waals surface area contributed by atoms with E-state index < -0.39 is 0 Å². The number of rotatable bonds is 2. The van der Waals surface area contributed by atoms with Crippen LogP contribution >= 0.6 is 31.9 Å². The van der Waals surface area contributed by atoms with Crippen molar-refractivity contribution in [1.29, 1.82) is 0 Å². The number of phenolic OH excluding ortho intramolecular Hbond substituents is 1. The number of aryl methyl sites for hydroxylation is 2. The highest BCUT2D eigenvalue weighted by molar-refractivity contribution is 9.11. The molecular formula is C14H12Br2O2. The molecule has 0 saturated heterocycles. The van der Waals surface area contributed by atoms with Crippen molar-refractivity contribution in [2.75, 3.05) is 0 Å². The second-order valence-corrected chi connectivity index (χ2v) is 5.84. The van der Waals surface area contributed by atoms with Crippen molar-refractivity contribution >= 4 is 31.9 Å². The van der Waals surface area contributed by atoms with Crippen LogP contribution in [0.1, 0.15) is 11.1 Å². The van der Waals surface area contributed by atoms with Gasteiger partial charge in [0.15, 0.2) is 17.2 Å². The molecule has 2 aromatic carbocycles. The molecule has 0 saturated carbocycles. The van der Waals surface area contributed by atoms with Crippen LogP contribution in [0.25, 0.3) is 0 Å². The topological polar surface area (TPSA) is 29.5 Å². The Hall–Kier alpha value is -1.00. The van der Waals surface area contributed by atoms with Crippen molar-refractivity contribution in [3.63, 3.8) is 0 Å².